The first-order valence-electron chi connectivity index (χ1n) is 10.4. The van der Waals surface area contributed by atoms with Crippen LogP contribution in [0.4, 0.5) is 22.7 Å². The fourth-order valence-corrected chi connectivity index (χ4v) is 4.51. The summed E-state index contributed by atoms with van der Waals surface area (Å²) < 4.78 is 0. The molecule has 2 atom stereocenters. The highest BCUT2D eigenvalue weighted by Gasteiger charge is 2.49. The second kappa shape index (κ2) is 7.90. The number of carbonyl (C=O) groups excluding carboxylic acids is 1. The molecule has 1 unspecified atom stereocenters. The van der Waals surface area contributed by atoms with Crippen molar-refractivity contribution in [2.45, 2.75) is 25.0 Å². The molecular formula is C23H19N5O5. The van der Waals surface area contributed by atoms with E-state index in [4.69, 9.17) is 0 Å². The second-order valence-electron chi connectivity index (χ2n) is 7.94. The van der Waals surface area contributed by atoms with Gasteiger partial charge in [0.15, 0.2) is 6.17 Å². The molecule has 2 heterocycles. The van der Waals surface area contributed by atoms with Gasteiger partial charge in [-0.2, -0.15) is 0 Å². The zero-order valence-electron chi connectivity index (χ0n) is 17.3. The Morgan fingerprint density at radius 1 is 0.848 bits per heavy atom. The minimum Gasteiger partial charge on any atom is -0.333 e. The van der Waals surface area contributed by atoms with E-state index in [1.165, 1.54) is 29.3 Å². The Balaban J connectivity index is 1.57. The summed E-state index contributed by atoms with van der Waals surface area (Å²) in [6.07, 6.45) is 0.846. The van der Waals surface area contributed by atoms with Gasteiger partial charge >= 0.3 is 0 Å². The number of nitrogens with zero attached hydrogens (tertiary/aromatic N) is 4. The molecule has 2 aliphatic heterocycles. The van der Waals surface area contributed by atoms with Crippen molar-refractivity contribution < 1.29 is 14.6 Å². The Morgan fingerprint density at radius 3 is 2.09 bits per heavy atom. The van der Waals surface area contributed by atoms with E-state index in [9.17, 15) is 25.0 Å². The average molecular weight is 445 g/mol. The maximum Gasteiger partial charge on any atom is 0.269 e. The lowest BCUT2D eigenvalue weighted by molar-refractivity contribution is -0.385. The van der Waals surface area contributed by atoms with Gasteiger partial charge in [0, 0.05) is 30.0 Å². The summed E-state index contributed by atoms with van der Waals surface area (Å²) in [7, 11) is 0. The molecule has 3 aromatic rings. The number of fused-ring (bicyclic) bond motifs is 3. The molecule has 0 saturated carbocycles. The zero-order chi connectivity index (χ0) is 23.1. The van der Waals surface area contributed by atoms with E-state index in [1.807, 2.05) is 29.2 Å². The van der Waals surface area contributed by atoms with Crippen molar-refractivity contribution in [1.29, 1.82) is 0 Å². The van der Waals surface area contributed by atoms with Crippen LogP contribution in [0.5, 0.6) is 0 Å². The first-order chi connectivity index (χ1) is 15.9. The SMILES string of the molecule is O=C1C2CCc3ccccc3N2[C@@H](c2ccc([N+](=O)[O-])cc2)N1Nc1ccc([N+](=O)[O-])cc1. The number of hydrogen-bond acceptors (Lipinski definition) is 7. The standard InChI is InChI=1S/C23H19N5O5/c29-23-21-14-7-15-3-1-2-4-20(15)25(21)22(16-5-10-18(11-6-16)27(30)31)26(23)24-17-8-12-19(13-9-17)28(32)33/h1-6,8-13,21-22,24H,7,14H2/t21?,22-/m1/s1. The van der Waals surface area contributed by atoms with Crippen LogP contribution in [0, 0.1) is 20.2 Å². The van der Waals surface area contributed by atoms with Gasteiger partial charge in [0.05, 0.1) is 15.5 Å². The van der Waals surface area contributed by atoms with Gasteiger partial charge in [0.1, 0.15) is 6.04 Å². The van der Waals surface area contributed by atoms with E-state index < -0.39 is 22.1 Å². The summed E-state index contributed by atoms with van der Waals surface area (Å²) in [6, 6.07) is 19.5. The van der Waals surface area contributed by atoms with Gasteiger partial charge in [0.25, 0.3) is 17.3 Å². The summed E-state index contributed by atoms with van der Waals surface area (Å²) in [5.41, 5.74) is 6.34. The second-order valence-corrected chi connectivity index (χ2v) is 7.94. The summed E-state index contributed by atoms with van der Waals surface area (Å²) in [4.78, 5) is 36.7. The molecule has 3 aromatic carbocycles. The number of nitro groups is 2. The summed E-state index contributed by atoms with van der Waals surface area (Å²) in [5, 5.41) is 23.6. The molecular weight excluding hydrogens is 426 g/mol. The number of carbonyl (C=O) groups is 1. The van der Waals surface area contributed by atoms with Crippen LogP contribution in [0.25, 0.3) is 0 Å². The van der Waals surface area contributed by atoms with Gasteiger partial charge in [-0.15, -0.1) is 0 Å². The third kappa shape index (κ3) is 3.51. The van der Waals surface area contributed by atoms with Gasteiger partial charge < -0.3 is 4.90 Å². The third-order valence-electron chi connectivity index (χ3n) is 6.05. The smallest absolute Gasteiger partial charge is 0.269 e. The summed E-state index contributed by atoms with van der Waals surface area (Å²) in [6.45, 7) is 0. The highest BCUT2D eigenvalue weighted by molar-refractivity contribution is 5.92. The Hall–Kier alpha value is -4.47. The topological polar surface area (TPSA) is 122 Å². The Bertz CT molecular complexity index is 1240. The van der Waals surface area contributed by atoms with Crippen LogP contribution in [0.15, 0.2) is 72.8 Å². The van der Waals surface area contributed by atoms with Crippen LogP contribution in [0.2, 0.25) is 0 Å². The predicted molar refractivity (Wildman–Crippen MR) is 120 cm³/mol. The van der Waals surface area contributed by atoms with Crippen molar-refractivity contribution in [3.8, 4) is 0 Å². The molecule has 2 aliphatic rings. The number of benzene rings is 3. The molecule has 0 radical (unpaired) electrons. The monoisotopic (exact) mass is 445 g/mol. The van der Waals surface area contributed by atoms with Gasteiger partial charge in [-0.1, -0.05) is 18.2 Å². The Morgan fingerprint density at radius 2 is 1.45 bits per heavy atom. The van der Waals surface area contributed by atoms with Gasteiger partial charge in [-0.3, -0.25) is 30.4 Å². The van der Waals surface area contributed by atoms with E-state index in [2.05, 4.69) is 5.43 Å². The number of hydrazine groups is 1. The van der Waals surface area contributed by atoms with E-state index in [-0.39, 0.29) is 17.3 Å². The minimum atomic E-state index is -0.556. The van der Waals surface area contributed by atoms with Gasteiger partial charge in [-0.25, -0.2) is 5.01 Å². The fourth-order valence-electron chi connectivity index (χ4n) is 4.51. The van der Waals surface area contributed by atoms with Crippen molar-refractivity contribution in [2.24, 2.45) is 0 Å². The number of nitrogens with one attached hydrogen (secondary N) is 1. The van der Waals surface area contributed by atoms with Crippen molar-refractivity contribution in [1.82, 2.24) is 5.01 Å². The summed E-state index contributed by atoms with van der Waals surface area (Å²) >= 11 is 0. The van der Waals surface area contributed by atoms with Crippen molar-refractivity contribution in [3.63, 3.8) is 0 Å². The molecule has 0 aromatic heterocycles. The van der Waals surface area contributed by atoms with Crippen molar-refractivity contribution in [2.75, 3.05) is 10.3 Å². The molecule has 0 aliphatic carbocycles. The van der Waals surface area contributed by atoms with Crippen LogP contribution >= 0.6 is 0 Å². The highest BCUT2D eigenvalue weighted by atomic mass is 16.6. The Kier molecular flexibility index (Phi) is 4.89. The molecule has 33 heavy (non-hydrogen) atoms. The molecule has 0 spiro atoms. The summed E-state index contributed by atoms with van der Waals surface area (Å²) in [5.74, 6) is -0.133. The average Bonchev–Trinajstić information content (AvgIpc) is 3.11. The normalized spacial score (nSPS) is 19.1. The molecule has 5 rings (SSSR count). The van der Waals surface area contributed by atoms with E-state index in [0.717, 1.165) is 17.7 Å². The maximum absolute atomic E-state index is 13.5. The van der Waals surface area contributed by atoms with Gasteiger partial charge in [-0.05, 0) is 54.3 Å². The highest BCUT2D eigenvalue weighted by Crippen LogP contribution is 2.44. The van der Waals surface area contributed by atoms with E-state index in [1.54, 1.807) is 24.3 Å². The molecule has 1 saturated heterocycles. The quantitative estimate of drug-likeness (QED) is 0.461. The molecule has 166 valence electrons. The number of rotatable bonds is 5. The molecule has 0 bridgehead atoms. The van der Waals surface area contributed by atoms with Crippen molar-refractivity contribution in [3.05, 3.63) is 104 Å². The van der Waals surface area contributed by atoms with E-state index >= 15 is 0 Å². The lowest BCUT2D eigenvalue weighted by Crippen LogP contribution is -2.38. The molecule has 10 heteroatoms. The van der Waals surface area contributed by atoms with Crippen LogP contribution in [0.3, 0.4) is 0 Å². The van der Waals surface area contributed by atoms with Crippen molar-refractivity contribution >= 4 is 28.7 Å². The third-order valence-corrected chi connectivity index (χ3v) is 6.05. The largest absolute Gasteiger partial charge is 0.333 e. The molecule has 10 nitrogen and oxygen atoms in total. The van der Waals surface area contributed by atoms with Crippen LogP contribution in [0.1, 0.15) is 23.7 Å². The first kappa shape index (κ1) is 20.4. The lowest BCUT2D eigenvalue weighted by Gasteiger charge is -2.37. The number of anilines is 2. The number of nitro benzene ring substituents is 2. The fraction of sp³-hybridized carbons (Fsp3) is 0.174. The number of non-ortho nitro benzene ring substituents is 2. The minimum absolute atomic E-state index is 0.0338. The maximum atomic E-state index is 13.5. The zero-order valence-corrected chi connectivity index (χ0v) is 17.3. The Labute approximate surface area is 188 Å². The number of para-hydroxylation sites is 1. The lowest BCUT2D eigenvalue weighted by atomic mass is 9.96. The number of hydrogen-bond donors (Lipinski definition) is 1. The molecule has 1 fully saturated rings. The van der Waals surface area contributed by atoms with Crippen LogP contribution in [-0.4, -0.2) is 26.8 Å². The first-order valence-corrected chi connectivity index (χ1v) is 10.4. The van der Waals surface area contributed by atoms with Crippen LogP contribution < -0.4 is 10.3 Å². The van der Waals surface area contributed by atoms with E-state index in [0.29, 0.717) is 17.7 Å². The predicted octanol–water partition coefficient (Wildman–Crippen LogP) is 4.19. The van der Waals surface area contributed by atoms with Crippen LogP contribution in [-0.2, 0) is 11.2 Å². The van der Waals surface area contributed by atoms with Gasteiger partial charge in [0.2, 0.25) is 0 Å². The number of amides is 1. The molecule has 1 N–H and O–H groups in total. The number of aryl methyl sites for hydroxylation is 1. The molecule has 1 amide bonds.